The maximum absolute atomic E-state index is 13.2. The monoisotopic (exact) mass is 457 g/mol. The van der Waals surface area contributed by atoms with Gasteiger partial charge in [0.15, 0.2) is 0 Å². The molecule has 29 heavy (non-hydrogen) atoms. The fraction of sp³-hybridized carbons (Fsp3) is 0.348. The highest BCUT2D eigenvalue weighted by Crippen LogP contribution is 2.34. The second-order valence-corrected chi connectivity index (χ2v) is 8.60. The zero-order chi connectivity index (χ0) is 20.5. The first-order valence-corrected chi connectivity index (χ1v) is 10.7. The fourth-order valence-electron chi connectivity index (χ4n) is 3.75. The molecule has 1 aromatic heterocycles. The van der Waals surface area contributed by atoms with Crippen LogP contribution in [0.3, 0.4) is 0 Å². The van der Waals surface area contributed by atoms with E-state index in [0.717, 1.165) is 36.3 Å². The number of phenolic OH excluding ortho intramolecular Hbond substituents is 1. The third kappa shape index (κ3) is 4.05. The summed E-state index contributed by atoms with van der Waals surface area (Å²) in [4.78, 5) is 15.5. The molecule has 5 nitrogen and oxygen atoms in total. The van der Waals surface area contributed by atoms with Gasteiger partial charge in [0.05, 0.1) is 15.4 Å². The standard InChI is InChI=1S/C23H24BrNO4/c1-14-9-11-25(12-10-14)13-17-19(26)8-7-16-21(27)22(15(2)28-23(16)17)29-20-6-4-3-5-18(20)24/h3-8,14,26H,9-13H2,1-2H3. The number of aromatic hydroxyl groups is 1. The van der Waals surface area contributed by atoms with Crippen LogP contribution in [0.5, 0.6) is 17.2 Å². The van der Waals surface area contributed by atoms with Gasteiger partial charge in [0, 0.05) is 6.54 Å². The summed E-state index contributed by atoms with van der Waals surface area (Å²) in [6.45, 7) is 6.49. The van der Waals surface area contributed by atoms with Crippen LogP contribution in [0.4, 0.5) is 0 Å². The lowest BCUT2D eigenvalue weighted by molar-refractivity contribution is 0.183. The van der Waals surface area contributed by atoms with E-state index in [1.165, 1.54) is 0 Å². The minimum atomic E-state index is -0.243. The minimum Gasteiger partial charge on any atom is -0.507 e. The van der Waals surface area contributed by atoms with Gasteiger partial charge in [-0.15, -0.1) is 0 Å². The normalized spacial score (nSPS) is 15.7. The summed E-state index contributed by atoms with van der Waals surface area (Å²) in [5.74, 6) is 1.97. The molecule has 1 aliphatic heterocycles. The second-order valence-electron chi connectivity index (χ2n) is 7.75. The number of benzene rings is 2. The number of rotatable bonds is 4. The van der Waals surface area contributed by atoms with E-state index in [2.05, 4.69) is 27.8 Å². The molecule has 0 saturated carbocycles. The molecule has 0 atom stereocenters. The Labute approximate surface area is 178 Å². The molecule has 3 aromatic rings. The van der Waals surface area contributed by atoms with Crippen LogP contribution in [0.15, 0.2) is 50.1 Å². The van der Waals surface area contributed by atoms with E-state index in [1.807, 2.05) is 18.2 Å². The number of fused-ring (bicyclic) bond motifs is 1. The third-order valence-corrected chi connectivity index (χ3v) is 6.22. The van der Waals surface area contributed by atoms with Gasteiger partial charge in [0.25, 0.3) is 0 Å². The number of aryl methyl sites for hydroxylation is 1. The van der Waals surface area contributed by atoms with Crippen LogP contribution in [0.25, 0.3) is 11.0 Å². The number of para-hydroxylation sites is 1. The predicted octanol–water partition coefficient (Wildman–Crippen LogP) is 5.59. The Bertz CT molecular complexity index is 1100. The van der Waals surface area contributed by atoms with Crippen LogP contribution in [0.2, 0.25) is 0 Å². The smallest absolute Gasteiger partial charge is 0.235 e. The van der Waals surface area contributed by atoms with Gasteiger partial charge in [-0.1, -0.05) is 19.1 Å². The summed E-state index contributed by atoms with van der Waals surface area (Å²) in [5, 5.41) is 10.9. The summed E-state index contributed by atoms with van der Waals surface area (Å²) >= 11 is 3.44. The SMILES string of the molecule is Cc1oc2c(CN3CCC(C)CC3)c(O)ccc2c(=O)c1Oc1ccccc1Br. The largest absolute Gasteiger partial charge is 0.507 e. The van der Waals surface area contributed by atoms with E-state index in [1.54, 1.807) is 25.1 Å². The zero-order valence-corrected chi connectivity index (χ0v) is 18.2. The lowest BCUT2D eigenvalue weighted by Crippen LogP contribution is -2.32. The molecule has 1 N–H and O–H groups in total. The van der Waals surface area contributed by atoms with Gasteiger partial charge in [-0.05, 0) is 79.0 Å². The highest BCUT2D eigenvalue weighted by atomic mass is 79.9. The molecule has 0 radical (unpaired) electrons. The summed E-state index contributed by atoms with van der Waals surface area (Å²) < 4.78 is 12.7. The lowest BCUT2D eigenvalue weighted by Gasteiger charge is -2.30. The highest BCUT2D eigenvalue weighted by Gasteiger charge is 2.22. The molecular formula is C23H24BrNO4. The maximum Gasteiger partial charge on any atom is 0.235 e. The van der Waals surface area contributed by atoms with Crippen molar-refractivity contribution in [1.29, 1.82) is 0 Å². The molecular weight excluding hydrogens is 434 g/mol. The number of ether oxygens (including phenoxy) is 1. The number of nitrogens with zero attached hydrogens (tertiary/aromatic N) is 1. The summed E-state index contributed by atoms with van der Waals surface area (Å²) in [6, 6.07) is 10.5. The number of piperidine rings is 1. The van der Waals surface area contributed by atoms with Crippen LogP contribution in [0.1, 0.15) is 31.1 Å². The van der Waals surface area contributed by atoms with E-state index in [-0.39, 0.29) is 16.9 Å². The van der Waals surface area contributed by atoms with Gasteiger partial charge in [0.1, 0.15) is 22.8 Å². The van der Waals surface area contributed by atoms with E-state index in [0.29, 0.717) is 34.6 Å². The van der Waals surface area contributed by atoms with Crippen molar-refractivity contribution < 1.29 is 14.3 Å². The molecule has 6 heteroatoms. The van der Waals surface area contributed by atoms with Crippen LogP contribution in [-0.2, 0) is 6.54 Å². The van der Waals surface area contributed by atoms with Gasteiger partial charge < -0.3 is 14.3 Å². The molecule has 0 aliphatic carbocycles. The predicted molar refractivity (Wildman–Crippen MR) is 117 cm³/mol. The molecule has 1 saturated heterocycles. The number of hydrogen-bond acceptors (Lipinski definition) is 5. The number of likely N-dealkylation sites (tertiary alicyclic amines) is 1. The zero-order valence-electron chi connectivity index (χ0n) is 16.6. The molecule has 4 rings (SSSR count). The molecule has 0 bridgehead atoms. The Kier molecular flexibility index (Phi) is 5.65. The number of hydrogen-bond donors (Lipinski definition) is 1. The molecule has 1 fully saturated rings. The van der Waals surface area contributed by atoms with Crippen molar-refractivity contribution in [1.82, 2.24) is 4.90 Å². The van der Waals surface area contributed by atoms with Crippen molar-refractivity contribution in [2.75, 3.05) is 13.1 Å². The quantitative estimate of drug-likeness (QED) is 0.552. The van der Waals surface area contributed by atoms with Crippen molar-refractivity contribution >= 4 is 26.9 Å². The minimum absolute atomic E-state index is 0.151. The molecule has 1 aliphatic rings. The summed E-state index contributed by atoms with van der Waals surface area (Å²) in [5.41, 5.74) is 0.850. The van der Waals surface area contributed by atoms with Crippen LogP contribution < -0.4 is 10.2 Å². The van der Waals surface area contributed by atoms with Gasteiger partial charge in [0.2, 0.25) is 11.2 Å². The maximum atomic E-state index is 13.2. The number of phenols is 1. The lowest BCUT2D eigenvalue weighted by atomic mass is 9.98. The van der Waals surface area contributed by atoms with Crippen molar-refractivity contribution in [2.24, 2.45) is 5.92 Å². The molecule has 0 spiro atoms. The molecule has 152 valence electrons. The van der Waals surface area contributed by atoms with Crippen molar-refractivity contribution in [3.8, 4) is 17.2 Å². The fourth-order valence-corrected chi connectivity index (χ4v) is 4.11. The van der Waals surface area contributed by atoms with E-state index >= 15 is 0 Å². The highest BCUT2D eigenvalue weighted by molar-refractivity contribution is 9.10. The first-order valence-electron chi connectivity index (χ1n) is 9.87. The van der Waals surface area contributed by atoms with Crippen LogP contribution >= 0.6 is 15.9 Å². The summed E-state index contributed by atoms with van der Waals surface area (Å²) in [6.07, 6.45) is 2.27. The molecule has 0 amide bonds. The van der Waals surface area contributed by atoms with E-state index in [9.17, 15) is 9.90 Å². The van der Waals surface area contributed by atoms with Crippen LogP contribution in [-0.4, -0.2) is 23.1 Å². The average Bonchev–Trinajstić information content (AvgIpc) is 2.70. The third-order valence-electron chi connectivity index (χ3n) is 5.57. The Morgan fingerprint density at radius 2 is 1.93 bits per heavy atom. The Morgan fingerprint density at radius 1 is 1.21 bits per heavy atom. The van der Waals surface area contributed by atoms with Crippen molar-refractivity contribution in [2.45, 2.75) is 33.2 Å². The number of halogens is 1. The van der Waals surface area contributed by atoms with Gasteiger partial charge in [-0.3, -0.25) is 9.69 Å². The Hall–Kier alpha value is -2.31. The van der Waals surface area contributed by atoms with Crippen molar-refractivity contribution in [3.63, 3.8) is 0 Å². The van der Waals surface area contributed by atoms with E-state index in [4.69, 9.17) is 9.15 Å². The van der Waals surface area contributed by atoms with Gasteiger partial charge >= 0.3 is 0 Å². The van der Waals surface area contributed by atoms with Gasteiger partial charge in [-0.25, -0.2) is 0 Å². The Morgan fingerprint density at radius 3 is 2.66 bits per heavy atom. The molecule has 0 unspecified atom stereocenters. The topological polar surface area (TPSA) is 62.9 Å². The first-order chi connectivity index (χ1) is 13.9. The van der Waals surface area contributed by atoms with Crippen LogP contribution in [0, 0.1) is 12.8 Å². The summed E-state index contributed by atoms with van der Waals surface area (Å²) in [7, 11) is 0. The average molecular weight is 458 g/mol. The van der Waals surface area contributed by atoms with E-state index < -0.39 is 0 Å². The Balaban J connectivity index is 1.74. The molecule has 2 heterocycles. The van der Waals surface area contributed by atoms with Gasteiger partial charge in [-0.2, -0.15) is 0 Å². The second kappa shape index (κ2) is 8.20. The first kappa shape index (κ1) is 20.0. The van der Waals surface area contributed by atoms with Crippen molar-refractivity contribution in [3.05, 3.63) is 62.4 Å². The molecule has 2 aromatic carbocycles.